The monoisotopic (exact) mass is 283 g/mol. The fraction of sp³-hybridized carbons (Fsp3) is 0.533. The van der Waals surface area contributed by atoms with Gasteiger partial charge in [0.25, 0.3) is 0 Å². The van der Waals surface area contributed by atoms with Gasteiger partial charge in [0.2, 0.25) is 0 Å². The van der Waals surface area contributed by atoms with Gasteiger partial charge in [0, 0.05) is 11.1 Å². The molecular weight excluding hydrogens is 262 g/mol. The number of hydrogen-bond donors (Lipinski definition) is 1. The van der Waals surface area contributed by atoms with Crippen molar-refractivity contribution in [2.45, 2.75) is 46.2 Å². The summed E-state index contributed by atoms with van der Waals surface area (Å²) >= 11 is 6.13. The zero-order valence-electron chi connectivity index (χ0n) is 12.0. The summed E-state index contributed by atoms with van der Waals surface area (Å²) in [6.07, 6.45) is 0.940. The molecule has 1 N–H and O–H groups in total. The number of hydrogen-bond acceptors (Lipinski definition) is 3. The van der Waals surface area contributed by atoms with Gasteiger partial charge in [-0.2, -0.15) is 0 Å². The predicted octanol–water partition coefficient (Wildman–Crippen LogP) is 3.64. The van der Waals surface area contributed by atoms with Gasteiger partial charge < -0.3 is 4.74 Å². The van der Waals surface area contributed by atoms with E-state index in [1.165, 1.54) is 0 Å². The Kier molecular flexibility index (Phi) is 6.32. The van der Waals surface area contributed by atoms with Crippen LogP contribution in [0.2, 0.25) is 5.02 Å². The Bertz CT molecular complexity index is 434. The summed E-state index contributed by atoms with van der Waals surface area (Å²) in [5, 5.41) is 3.95. The molecule has 0 amide bonds. The standard InChI is InChI=1S/C15H22ClNO2/c1-5-11(4)17-14(15(18)19-6-2)12-8-7-10(3)13(16)9-12/h7-9,11,14,17H,5-6H2,1-4H3. The van der Waals surface area contributed by atoms with Crippen LogP contribution < -0.4 is 5.32 Å². The number of nitrogens with one attached hydrogen (secondary N) is 1. The molecule has 0 aliphatic rings. The maximum absolute atomic E-state index is 12.1. The van der Waals surface area contributed by atoms with Gasteiger partial charge >= 0.3 is 5.97 Å². The van der Waals surface area contributed by atoms with Crippen molar-refractivity contribution in [3.63, 3.8) is 0 Å². The summed E-state index contributed by atoms with van der Waals surface area (Å²) in [6, 6.07) is 5.43. The predicted molar refractivity (Wildman–Crippen MR) is 78.5 cm³/mol. The summed E-state index contributed by atoms with van der Waals surface area (Å²) < 4.78 is 5.13. The maximum Gasteiger partial charge on any atom is 0.327 e. The van der Waals surface area contributed by atoms with E-state index in [4.69, 9.17) is 16.3 Å². The first kappa shape index (κ1) is 16.0. The molecule has 106 valence electrons. The molecule has 0 saturated heterocycles. The Balaban J connectivity index is 3.00. The molecule has 4 heteroatoms. The molecule has 0 fully saturated rings. The molecule has 0 saturated carbocycles. The van der Waals surface area contributed by atoms with Crippen LogP contribution in [-0.2, 0) is 9.53 Å². The van der Waals surface area contributed by atoms with Crippen LogP contribution in [0.25, 0.3) is 0 Å². The van der Waals surface area contributed by atoms with Gasteiger partial charge in [-0.15, -0.1) is 0 Å². The summed E-state index contributed by atoms with van der Waals surface area (Å²) in [5.74, 6) is -0.261. The smallest absolute Gasteiger partial charge is 0.327 e. The summed E-state index contributed by atoms with van der Waals surface area (Å²) in [6.45, 7) is 8.23. The van der Waals surface area contributed by atoms with Crippen LogP contribution in [0.4, 0.5) is 0 Å². The van der Waals surface area contributed by atoms with Gasteiger partial charge in [-0.1, -0.05) is 30.7 Å². The molecule has 2 atom stereocenters. The number of ether oxygens (including phenoxy) is 1. The molecule has 0 radical (unpaired) electrons. The number of esters is 1. The van der Waals surface area contributed by atoms with Gasteiger partial charge in [0.05, 0.1) is 6.61 Å². The van der Waals surface area contributed by atoms with E-state index in [0.29, 0.717) is 11.6 Å². The fourth-order valence-electron chi connectivity index (χ4n) is 1.72. The second kappa shape index (κ2) is 7.51. The lowest BCUT2D eigenvalue weighted by Crippen LogP contribution is -2.36. The molecule has 0 bridgehead atoms. The van der Waals surface area contributed by atoms with Crippen LogP contribution in [0.5, 0.6) is 0 Å². The van der Waals surface area contributed by atoms with E-state index in [1.54, 1.807) is 6.92 Å². The molecule has 0 heterocycles. The molecule has 0 spiro atoms. The highest BCUT2D eigenvalue weighted by Gasteiger charge is 2.23. The molecule has 1 aromatic carbocycles. The average molecular weight is 284 g/mol. The van der Waals surface area contributed by atoms with Crippen LogP contribution in [-0.4, -0.2) is 18.6 Å². The third kappa shape index (κ3) is 4.51. The van der Waals surface area contributed by atoms with Crippen molar-refractivity contribution < 1.29 is 9.53 Å². The largest absolute Gasteiger partial charge is 0.465 e. The van der Waals surface area contributed by atoms with E-state index in [-0.39, 0.29) is 12.0 Å². The number of rotatable bonds is 6. The molecule has 0 aliphatic carbocycles. The van der Waals surface area contributed by atoms with Gasteiger partial charge in [-0.3, -0.25) is 5.32 Å². The lowest BCUT2D eigenvalue weighted by molar-refractivity contribution is -0.146. The first-order chi connectivity index (χ1) is 8.99. The third-order valence-corrected chi connectivity index (χ3v) is 3.52. The highest BCUT2D eigenvalue weighted by molar-refractivity contribution is 6.31. The number of carbonyl (C=O) groups is 1. The molecule has 1 rings (SSSR count). The van der Waals surface area contributed by atoms with E-state index in [9.17, 15) is 4.79 Å². The summed E-state index contributed by atoms with van der Waals surface area (Å²) in [7, 11) is 0. The van der Waals surface area contributed by atoms with E-state index < -0.39 is 6.04 Å². The van der Waals surface area contributed by atoms with Crippen molar-refractivity contribution in [2.24, 2.45) is 0 Å². The number of halogens is 1. The third-order valence-electron chi connectivity index (χ3n) is 3.12. The average Bonchev–Trinajstić information content (AvgIpc) is 2.39. The van der Waals surface area contributed by atoms with Crippen LogP contribution in [0, 0.1) is 6.92 Å². The maximum atomic E-state index is 12.1. The van der Waals surface area contributed by atoms with Crippen molar-refractivity contribution in [3.8, 4) is 0 Å². The van der Waals surface area contributed by atoms with E-state index in [2.05, 4.69) is 12.2 Å². The minimum Gasteiger partial charge on any atom is -0.465 e. The Morgan fingerprint density at radius 3 is 2.63 bits per heavy atom. The van der Waals surface area contributed by atoms with E-state index in [0.717, 1.165) is 17.5 Å². The summed E-state index contributed by atoms with van der Waals surface area (Å²) in [4.78, 5) is 12.1. The van der Waals surface area contributed by atoms with Crippen molar-refractivity contribution in [1.82, 2.24) is 5.32 Å². The van der Waals surface area contributed by atoms with Crippen LogP contribution in [0.1, 0.15) is 44.4 Å². The summed E-state index contributed by atoms with van der Waals surface area (Å²) in [5.41, 5.74) is 1.84. The first-order valence-corrected chi connectivity index (χ1v) is 7.06. The van der Waals surface area contributed by atoms with E-state index >= 15 is 0 Å². The Morgan fingerprint density at radius 1 is 1.42 bits per heavy atom. The van der Waals surface area contributed by atoms with Crippen LogP contribution >= 0.6 is 11.6 Å². The Labute approximate surface area is 120 Å². The molecule has 3 nitrogen and oxygen atoms in total. The number of benzene rings is 1. The Hall–Kier alpha value is -1.06. The second-order valence-corrected chi connectivity index (χ2v) is 5.08. The zero-order valence-corrected chi connectivity index (χ0v) is 12.8. The highest BCUT2D eigenvalue weighted by Crippen LogP contribution is 2.23. The minimum atomic E-state index is -0.465. The highest BCUT2D eigenvalue weighted by atomic mass is 35.5. The van der Waals surface area contributed by atoms with Crippen molar-refractivity contribution in [1.29, 1.82) is 0 Å². The first-order valence-electron chi connectivity index (χ1n) is 6.68. The number of aryl methyl sites for hydroxylation is 1. The molecule has 0 aromatic heterocycles. The quantitative estimate of drug-likeness (QED) is 0.810. The lowest BCUT2D eigenvalue weighted by atomic mass is 10.0. The van der Waals surface area contributed by atoms with Gasteiger partial charge in [0.1, 0.15) is 6.04 Å². The fourth-order valence-corrected chi connectivity index (χ4v) is 1.91. The number of carbonyl (C=O) groups excluding carboxylic acids is 1. The molecule has 1 aromatic rings. The lowest BCUT2D eigenvalue weighted by Gasteiger charge is -2.22. The van der Waals surface area contributed by atoms with Gasteiger partial charge in [-0.25, -0.2) is 4.79 Å². The van der Waals surface area contributed by atoms with Gasteiger partial charge in [-0.05, 0) is 44.4 Å². The Morgan fingerprint density at radius 2 is 2.11 bits per heavy atom. The normalized spacial score (nSPS) is 13.9. The second-order valence-electron chi connectivity index (χ2n) is 4.67. The topological polar surface area (TPSA) is 38.3 Å². The minimum absolute atomic E-state index is 0.231. The van der Waals surface area contributed by atoms with Crippen LogP contribution in [0.15, 0.2) is 18.2 Å². The van der Waals surface area contributed by atoms with Crippen LogP contribution in [0.3, 0.4) is 0 Å². The van der Waals surface area contributed by atoms with Crippen molar-refractivity contribution in [2.75, 3.05) is 6.61 Å². The van der Waals surface area contributed by atoms with Crippen molar-refractivity contribution >= 4 is 17.6 Å². The zero-order chi connectivity index (χ0) is 14.4. The van der Waals surface area contributed by atoms with E-state index in [1.807, 2.05) is 32.0 Å². The van der Waals surface area contributed by atoms with Gasteiger partial charge in [0.15, 0.2) is 0 Å². The molecule has 19 heavy (non-hydrogen) atoms. The SMILES string of the molecule is CCOC(=O)C(NC(C)CC)c1ccc(C)c(Cl)c1. The molecule has 2 unspecified atom stereocenters. The molecular formula is C15H22ClNO2. The molecule has 0 aliphatic heterocycles. The van der Waals surface area contributed by atoms with Crippen molar-refractivity contribution in [3.05, 3.63) is 34.3 Å².